The molecule has 5 nitrogen and oxygen atoms in total. The van der Waals surface area contributed by atoms with E-state index in [1.54, 1.807) is 0 Å². The lowest BCUT2D eigenvalue weighted by molar-refractivity contribution is -0.138. The highest BCUT2D eigenvalue weighted by molar-refractivity contribution is 5.96. The van der Waals surface area contributed by atoms with Gasteiger partial charge in [-0.2, -0.15) is 0 Å². The van der Waals surface area contributed by atoms with Crippen LogP contribution in [-0.2, 0) is 14.3 Å². The summed E-state index contributed by atoms with van der Waals surface area (Å²) in [4.78, 5) is 22.3. The van der Waals surface area contributed by atoms with Crippen molar-refractivity contribution in [3.63, 3.8) is 0 Å². The van der Waals surface area contributed by atoms with Crippen molar-refractivity contribution < 1.29 is 23.5 Å². The van der Waals surface area contributed by atoms with Gasteiger partial charge in [-0.05, 0) is 12.1 Å². The van der Waals surface area contributed by atoms with Crippen LogP contribution < -0.4 is 5.32 Å². The molecule has 0 amide bonds. The Morgan fingerprint density at radius 2 is 2.00 bits per heavy atom. The maximum Gasteiger partial charge on any atom is 0.342 e. The van der Waals surface area contributed by atoms with E-state index in [9.17, 15) is 14.0 Å². The van der Waals surface area contributed by atoms with E-state index in [-0.39, 0.29) is 17.8 Å². The van der Waals surface area contributed by atoms with Gasteiger partial charge < -0.3 is 14.8 Å². The third-order valence-electron chi connectivity index (χ3n) is 2.05. The summed E-state index contributed by atoms with van der Waals surface area (Å²) in [5.41, 5.74) is -0.0545. The maximum atomic E-state index is 13.4. The summed E-state index contributed by atoms with van der Waals surface area (Å²) >= 11 is 0. The highest BCUT2D eigenvalue weighted by Gasteiger charge is 2.17. The lowest BCUT2D eigenvalue weighted by atomic mass is 10.1. The third-order valence-corrected chi connectivity index (χ3v) is 2.05. The minimum Gasteiger partial charge on any atom is -0.468 e. The Morgan fingerprint density at radius 1 is 1.29 bits per heavy atom. The number of hydrogen-bond acceptors (Lipinski definition) is 5. The fraction of sp³-hybridized carbons (Fsp3) is 0.273. The molecule has 0 unspecified atom stereocenters. The molecule has 1 rings (SSSR count). The Hall–Kier alpha value is -2.11. The topological polar surface area (TPSA) is 64.6 Å². The number of anilines is 1. The van der Waals surface area contributed by atoms with Crippen molar-refractivity contribution in [1.82, 2.24) is 0 Å². The van der Waals surface area contributed by atoms with Gasteiger partial charge in [0.25, 0.3) is 0 Å². The average molecular weight is 241 g/mol. The van der Waals surface area contributed by atoms with Crippen LogP contribution in [0.4, 0.5) is 10.1 Å². The summed E-state index contributed by atoms with van der Waals surface area (Å²) in [6, 6.07) is 4.02. The molecule has 0 spiro atoms. The zero-order chi connectivity index (χ0) is 12.8. The van der Waals surface area contributed by atoms with E-state index in [0.717, 1.165) is 13.2 Å². The van der Waals surface area contributed by atoms with E-state index >= 15 is 0 Å². The molecule has 6 heteroatoms. The lowest BCUT2D eigenvalue weighted by Crippen LogP contribution is -2.18. The van der Waals surface area contributed by atoms with E-state index in [0.29, 0.717) is 0 Å². The number of halogens is 1. The van der Waals surface area contributed by atoms with Gasteiger partial charge in [0.2, 0.25) is 0 Å². The first kappa shape index (κ1) is 13.0. The summed E-state index contributed by atoms with van der Waals surface area (Å²) in [5, 5.41) is 2.60. The van der Waals surface area contributed by atoms with Gasteiger partial charge in [0.05, 0.1) is 19.9 Å². The summed E-state index contributed by atoms with van der Waals surface area (Å²) in [6.45, 7) is -0.163. The number of carbonyl (C=O) groups is 2. The standard InChI is InChI=1S/C11H12FNO4/c1-16-9(14)6-13-8-5-3-4-7(12)10(8)11(15)17-2/h3-5,13H,6H2,1-2H3. The monoisotopic (exact) mass is 241 g/mol. The zero-order valence-corrected chi connectivity index (χ0v) is 9.45. The quantitative estimate of drug-likeness (QED) is 0.802. The fourth-order valence-corrected chi connectivity index (χ4v) is 1.22. The smallest absolute Gasteiger partial charge is 0.342 e. The Kier molecular flexibility index (Phi) is 4.45. The number of hydrogen-bond donors (Lipinski definition) is 1. The normalized spacial score (nSPS) is 9.59. The van der Waals surface area contributed by atoms with Crippen LogP contribution in [0, 0.1) is 5.82 Å². The first-order valence-electron chi connectivity index (χ1n) is 4.77. The van der Waals surface area contributed by atoms with Gasteiger partial charge in [-0.15, -0.1) is 0 Å². The molecule has 0 aliphatic carbocycles. The van der Waals surface area contributed by atoms with Crippen LogP contribution in [0.2, 0.25) is 0 Å². The van der Waals surface area contributed by atoms with Gasteiger partial charge in [0.15, 0.2) is 0 Å². The Morgan fingerprint density at radius 3 is 2.59 bits per heavy atom. The van der Waals surface area contributed by atoms with Crippen LogP contribution in [0.1, 0.15) is 10.4 Å². The minimum absolute atomic E-state index is 0.163. The second-order valence-electron chi connectivity index (χ2n) is 3.08. The number of rotatable bonds is 4. The molecule has 0 atom stereocenters. The number of nitrogens with one attached hydrogen (secondary N) is 1. The largest absolute Gasteiger partial charge is 0.468 e. The Bertz CT molecular complexity index is 433. The molecule has 0 heterocycles. The molecule has 17 heavy (non-hydrogen) atoms. The molecule has 0 saturated heterocycles. The molecule has 92 valence electrons. The first-order valence-corrected chi connectivity index (χ1v) is 4.77. The zero-order valence-electron chi connectivity index (χ0n) is 9.45. The van der Waals surface area contributed by atoms with E-state index in [2.05, 4.69) is 14.8 Å². The molecule has 0 aliphatic heterocycles. The van der Waals surface area contributed by atoms with Crippen LogP contribution in [0.5, 0.6) is 0 Å². The van der Waals surface area contributed by atoms with Crippen LogP contribution in [-0.4, -0.2) is 32.7 Å². The predicted molar refractivity (Wildman–Crippen MR) is 58.2 cm³/mol. The highest BCUT2D eigenvalue weighted by Crippen LogP contribution is 2.19. The van der Waals surface area contributed by atoms with Crippen LogP contribution in [0.15, 0.2) is 18.2 Å². The molecule has 0 radical (unpaired) electrons. The molecular weight excluding hydrogens is 229 g/mol. The minimum atomic E-state index is -0.810. The molecule has 0 aromatic heterocycles. The van der Waals surface area contributed by atoms with Crippen LogP contribution in [0.3, 0.4) is 0 Å². The van der Waals surface area contributed by atoms with Gasteiger partial charge in [-0.25, -0.2) is 9.18 Å². The Labute approximate surface area is 97.5 Å². The molecular formula is C11H12FNO4. The lowest BCUT2D eigenvalue weighted by Gasteiger charge is -2.10. The Balaban J connectivity index is 2.94. The number of esters is 2. The third kappa shape index (κ3) is 3.17. The summed E-state index contributed by atoms with van der Waals surface area (Å²) in [7, 11) is 2.38. The van der Waals surface area contributed by atoms with Gasteiger partial charge >= 0.3 is 11.9 Å². The van der Waals surface area contributed by atoms with Crippen molar-refractivity contribution in [3.8, 4) is 0 Å². The molecule has 0 aliphatic rings. The van der Waals surface area contributed by atoms with Crippen LogP contribution >= 0.6 is 0 Å². The number of methoxy groups -OCH3 is 2. The van der Waals surface area contributed by atoms with E-state index in [1.807, 2.05) is 0 Å². The van der Waals surface area contributed by atoms with Gasteiger partial charge in [-0.3, -0.25) is 4.79 Å². The van der Waals surface area contributed by atoms with E-state index in [1.165, 1.54) is 19.2 Å². The van der Waals surface area contributed by atoms with Crippen molar-refractivity contribution in [2.24, 2.45) is 0 Å². The van der Waals surface area contributed by atoms with Crippen molar-refractivity contribution in [3.05, 3.63) is 29.6 Å². The van der Waals surface area contributed by atoms with E-state index in [4.69, 9.17) is 0 Å². The first-order chi connectivity index (χ1) is 8.10. The molecule has 1 aromatic carbocycles. The van der Waals surface area contributed by atoms with Gasteiger partial charge in [0.1, 0.15) is 17.9 Å². The molecule has 0 saturated carbocycles. The number of benzene rings is 1. The van der Waals surface area contributed by atoms with Crippen LogP contribution in [0.25, 0.3) is 0 Å². The molecule has 0 bridgehead atoms. The highest BCUT2D eigenvalue weighted by atomic mass is 19.1. The SMILES string of the molecule is COC(=O)CNc1cccc(F)c1C(=O)OC. The van der Waals surface area contributed by atoms with Crippen molar-refractivity contribution in [2.45, 2.75) is 0 Å². The van der Waals surface area contributed by atoms with E-state index < -0.39 is 17.8 Å². The van der Waals surface area contributed by atoms with Crippen molar-refractivity contribution in [1.29, 1.82) is 0 Å². The molecule has 1 aromatic rings. The maximum absolute atomic E-state index is 13.4. The fourth-order valence-electron chi connectivity index (χ4n) is 1.22. The summed E-state index contributed by atoms with van der Waals surface area (Å²) < 4.78 is 22.3. The van der Waals surface area contributed by atoms with Crippen molar-refractivity contribution in [2.75, 3.05) is 26.1 Å². The second-order valence-corrected chi connectivity index (χ2v) is 3.08. The van der Waals surface area contributed by atoms with Crippen molar-refractivity contribution >= 4 is 17.6 Å². The molecule has 0 fully saturated rings. The average Bonchev–Trinajstić information content (AvgIpc) is 2.35. The summed E-state index contributed by atoms with van der Waals surface area (Å²) in [5.74, 6) is -2.05. The van der Waals surface area contributed by atoms with Gasteiger partial charge in [0, 0.05) is 0 Å². The number of ether oxygens (including phenoxy) is 2. The predicted octanol–water partition coefficient (Wildman–Crippen LogP) is 1.20. The molecule has 1 N–H and O–H groups in total. The second kappa shape index (κ2) is 5.83. The summed E-state index contributed by atoms with van der Waals surface area (Å²) in [6.07, 6.45) is 0. The number of carbonyl (C=O) groups excluding carboxylic acids is 2. The van der Waals surface area contributed by atoms with Gasteiger partial charge in [-0.1, -0.05) is 6.07 Å².